The lowest BCUT2D eigenvalue weighted by molar-refractivity contribution is -0.139. The van der Waals surface area contributed by atoms with Crippen molar-refractivity contribution in [2.45, 2.75) is 62.9 Å². The van der Waals surface area contributed by atoms with E-state index in [2.05, 4.69) is 22.8 Å². The van der Waals surface area contributed by atoms with Gasteiger partial charge in [0.05, 0.1) is 12.0 Å². The summed E-state index contributed by atoms with van der Waals surface area (Å²) in [5, 5.41) is 14.8. The van der Waals surface area contributed by atoms with Crippen LogP contribution in [0.3, 0.4) is 0 Å². The lowest BCUT2D eigenvalue weighted by atomic mass is 9.79. The number of carboxylic acid groups (broad SMARTS) is 1. The molecule has 0 spiro atoms. The van der Waals surface area contributed by atoms with Crippen LogP contribution in [-0.4, -0.2) is 41.3 Å². The van der Waals surface area contributed by atoms with Crippen molar-refractivity contribution < 1.29 is 24.2 Å². The maximum absolute atomic E-state index is 12.7. The first-order valence-electron chi connectivity index (χ1n) is 11.5. The Balaban J connectivity index is 1.35. The average molecular weight is 451 g/mol. The summed E-state index contributed by atoms with van der Waals surface area (Å²) in [4.78, 5) is 36.6. The fourth-order valence-electron chi connectivity index (χ4n) is 5.12. The van der Waals surface area contributed by atoms with Crippen LogP contribution >= 0.6 is 0 Å². The minimum absolute atomic E-state index is 0.0617. The van der Waals surface area contributed by atoms with Crippen LogP contribution in [0.15, 0.2) is 48.5 Å². The van der Waals surface area contributed by atoms with Crippen LogP contribution in [0, 0.1) is 0 Å². The average Bonchev–Trinajstić information content (AvgIpc) is 3.11. The van der Waals surface area contributed by atoms with E-state index in [9.17, 15) is 19.5 Å². The molecule has 0 aromatic heterocycles. The standard InChI is InChI=1S/C26H30N2O5/c1-17(24(31)28-26(15-23(29)30)13-7-2-8-14-26)27-25(32)33-16-22-20-11-5-3-9-18(20)19-10-4-6-12-21(19)22/h3-6,9-12,17,22H,2,7-8,13-16H2,1H3,(H,27,32)(H,28,31)(H,29,30)/t17-/m0/s1. The summed E-state index contributed by atoms with van der Waals surface area (Å²) in [6.07, 6.45) is 3.26. The molecule has 0 radical (unpaired) electrons. The molecule has 174 valence electrons. The number of carbonyl (C=O) groups is 3. The predicted molar refractivity (Wildman–Crippen MR) is 124 cm³/mol. The van der Waals surface area contributed by atoms with E-state index in [0.717, 1.165) is 41.5 Å². The summed E-state index contributed by atoms with van der Waals surface area (Å²) in [6.45, 7) is 1.74. The Bertz CT molecular complexity index is 999. The molecule has 7 nitrogen and oxygen atoms in total. The molecule has 2 aliphatic carbocycles. The van der Waals surface area contributed by atoms with Crippen LogP contribution in [0.2, 0.25) is 0 Å². The topological polar surface area (TPSA) is 105 Å². The maximum Gasteiger partial charge on any atom is 0.407 e. The first-order valence-corrected chi connectivity index (χ1v) is 11.5. The van der Waals surface area contributed by atoms with E-state index in [1.54, 1.807) is 6.92 Å². The van der Waals surface area contributed by atoms with Crippen LogP contribution in [0.25, 0.3) is 11.1 Å². The first-order chi connectivity index (χ1) is 15.9. The van der Waals surface area contributed by atoms with E-state index >= 15 is 0 Å². The van der Waals surface area contributed by atoms with Crippen molar-refractivity contribution in [3.63, 3.8) is 0 Å². The normalized spacial score (nSPS) is 17.4. The van der Waals surface area contributed by atoms with Gasteiger partial charge in [0.1, 0.15) is 12.6 Å². The number of fused-ring (bicyclic) bond motifs is 3. The Morgan fingerprint density at radius 1 is 1.00 bits per heavy atom. The minimum atomic E-state index is -0.936. The Hall–Kier alpha value is -3.35. The van der Waals surface area contributed by atoms with Crippen LogP contribution < -0.4 is 10.6 Å². The molecule has 1 saturated carbocycles. The number of rotatable bonds is 7. The van der Waals surface area contributed by atoms with Gasteiger partial charge < -0.3 is 20.5 Å². The van der Waals surface area contributed by atoms with Gasteiger partial charge in [-0.05, 0) is 42.0 Å². The molecule has 2 aromatic rings. The van der Waals surface area contributed by atoms with Crippen LogP contribution in [0.4, 0.5) is 4.79 Å². The summed E-state index contributed by atoms with van der Waals surface area (Å²) < 4.78 is 5.52. The molecular weight excluding hydrogens is 420 g/mol. The monoisotopic (exact) mass is 450 g/mol. The van der Waals surface area contributed by atoms with Gasteiger partial charge in [0, 0.05) is 5.92 Å². The Morgan fingerprint density at radius 3 is 2.15 bits per heavy atom. The van der Waals surface area contributed by atoms with E-state index in [4.69, 9.17) is 4.74 Å². The zero-order chi connectivity index (χ0) is 23.4. The van der Waals surface area contributed by atoms with Crippen molar-refractivity contribution in [3.8, 4) is 11.1 Å². The third-order valence-corrected chi connectivity index (χ3v) is 6.76. The van der Waals surface area contributed by atoms with Gasteiger partial charge in [0.15, 0.2) is 0 Å². The molecule has 3 N–H and O–H groups in total. The van der Waals surface area contributed by atoms with Crippen molar-refractivity contribution in [2.24, 2.45) is 0 Å². The van der Waals surface area contributed by atoms with Crippen LogP contribution in [-0.2, 0) is 14.3 Å². The van der Waals surface area contributed by atoms with E-state index in [0.29, 0.717) is 12.8 Å². The second-order valence-corrected chi connectivity index (χ2v) is 9.09. The number of carboxylic acids is 1. The van der Waals surface area contributed by atoms with Crippen LogP contribution in [0.5, 0.6) is 0 Å². The van der Waals surface area contributed by atoms with Gasteiger partial charge in [-0.2, -0.15) is 0 Å². The number of aliphatic carboxylic acids is 1. The molecule has 1 fully saturated rings. The number of hydrogen-bond donors (Lipinski definition) is 3. The SMILES string of the molecule is C[C@H](NC(=O)OCC1c2ccccc2-c2ccccc21)C(=O)NC1(CC(=O)O)CCCCC1. The van der Waals surface area contributed by atoms with Crippen molar-refractivity contribution in [1.82, 2.24) is 10.6 Å². The zero-order valence-corrected chi connectivity index (χ0v) is 18.8. The van der Waals surface area contributed by atoms with Crippen molar-refractivity contribution in [3.05, 3.63) is 59.7 Å². The van der Waals surface area contributed by atoms with Crippen molar-refractivity contribution >= 4 is 18.0 Å². The number of hydrogen-bond acceptors (Lipinski definition) is 4. The number of benzene rings is 2. The van der Waals surface area contributed by atoms with E-state index in [1.165, 1.54) is 0 Å². The molecule has 0 heterocycles. The third kappa shape index (κ3) is 5.02. The van der Waals surface area contributed by atoms with E-state index in [-0.39, 0.29) is 18.9 Å². The number of ether oxygens (including phenoxy) is 1. The van der Waals surface area contributed by atoms with Gasteiger partial charge in [-0.25, -0.2) is 4.79 Å². The highest BCUT2D eigenvalue weighted by molar-refractivity contribution is 5.86. The molecule has 33 heavy (non-hydrogen) atoms. The number of alkyl carbamates (subject to hydrolysis) is 1. The molecule has 1 atom stereocenters. The molecule has 2 aliphatic rings. The van der Waals surface area contributed by atoms with Crippen molar-refractivity contribution in [2.75, 3.05) is 6.61 Å². The smallest absolute Gasteiger partial charge is 0.407 e. The lowest BCUT2D eigenvalue weighted by Gasteiger charge is -2.37. The van der Waals surface area contributed by atoms with E-state index < -0.39 is 29.6 Å². The molecule has 0 saturated heterocycles. The molecule has 2 amide bonds. The largest absolute Gasteiger partial charge is 0.481 e. The van der Waals surface area contributed by atoms with Crippen molar-refractivity contribution in [1.29, 1.82) is 0 Å². The Labute approximate surface area is 193 Å². The van der Waals surface area contributed by atoms with Gasteiger partial charge in [0.2, 0.25) is 5.91 Å². The molecule has 7 heteroatoms. The third-order valence-electron chi connectivity index (χ3n) is 6.76. The highest BCUT2D eigenvalue weighted by atomic mass is 16.5. The summed E-state index contributed by atoms with van der Waals surface area (Å²) in [6, 6.07) is 15.3. The minimum Gasteiger partial charge on any atom is -0.481 e. The number of carbonyl (C=O) groups excluding carboxylic acids is 2. The second kappa shape index (κ2) is 9.65. The summed E-state index contributed by atoms with van der Waals surface area (Å²) in [5.41, 5.74) is 3.77. The molecule has 0 aliphatic heterocycles. The predicted octanol–water partition coefficient (Wildman–Crippen LogP) is 4.21. The van der Waals surface area contributed by atoms with Gasteiger partial charge in [-0.1, -0.05) is 67.8 Å². The quantitative estimate of drug-likeness (QED) is 0.586. The number of nitrogens with one attached hydrogen (secondary N) is 2. The van der Waals surface area contributed by atoms with Gasteiger partial charge in [-0.15, -0.1) is 0 Å². The Morgan fingerprint density at radius 2 is 1.58 bits per heavy atom. The fraction of sp³-hybridized carbons (Fsp3) is 0.423. The molecule has 2 aromatic carbocycles. The van der Waals surface area contributed by atoms with Gasteiger partial charge in [0.25, 0.3) is 0 Å². The second-order valence-electron chi connectivity index (χ2n) is 9.09. The summed E-state index contributed by atoms with van der Waals surface area (Å²) in [7, 11) is 0. The molecular formula is C26H30N2O5. The summed E-state index contributed by atoms with van der Waals surface area (Å²) >= 11 is 0. The van der Waals surface area contributed by atoms with Gasteiger partial charge in [-0.3, -0.25) is 9.59 Å². The Kier molecular flexibility index (Phi) is 6.67. The summed E-state index contributed by atoms with van der Waals surface area (Å²) in [5.74, 6) is -1.39. The first kappa shape index (κ1) is 22.8. The number of amides is 2. The molecule has 0 bridgehead atoms. The zero-order valence-electron chi connectivity index (χ0n) is 18.8. The lowest BCUT2D eigenvalue weighted by Crippen LogP contribution is -2.56. The fourth-order valence-corrected chi connectivity index (χ4v) is 5.12. The molecule has 0 unspecified atom stereocenters. The molecule has 4 rings (SSSR count). The van der Waals surface area contributed by atoms with E-state index in [1.807, 2.05) is 36.4 Å². The maximum atomic E-state index is 12.7. The highest BCUT2D eigenvalue weighted by Crippen LogP contribution is 2.44. The highest BCUT2D eigenvalue weighted by Gasteiger charge is 2.37. The van der Waals surface area contributed by atoms with Crippen LogP contribution in [0.1, 0.15) is 62.5 Å². The van der Waals surface area contributed by atoms with Gasteiger partial charge >= 0.3 is 12.1 Å².